The van der Waals surface area contributed by atoms with Crippen LogP contribution in [0.1, 0.15) is 24.5 Å². The Morgan fingerprint density at radius 2 is 2.04 bits per heavy atom. The third-order valence-corrected chi connectivity index (χ3v) is 4.94. The highest BCUT2D eigenvalue weighted by Gasteiger charge is 2.24. The molecule has 0 spiro atoms. The largest absolute Gasteiger partial charge is 0.334 e. The van der Waals surface area contributed by atoms with E-state index in [0.29, 0.717) is 13.1 Å². The number of benzene rings is 1. The van der Waals surface area contributed by atoms with Crippen LogP contribution < -0.4 is 5.32 Å². The molecule has 2 amide bonds. The summed E-state index contributed by atoms with van der Waals surface area (Å²) in [7, 11) is 0. The molecule has 0 aliphatic carbocycles. The zero-order valence-corrected chi connectivity index (χ0v) is 15.5. The van der Waals surface area contributed by atoms with Gasteiger partial charge in [0, 0.05) is 44.6 Å². The smallest absolute Gasteiger partial charge is 0.317 e. The molecule has 2 aromatic rings. The minimum atomic E-state index is 0.0211. The summed E-state index contributed by atoms with van der Waals surface area (Å²) >= 11 is 0. The van der Waals surface area contributed by atoms with Crippen LogP contribution in [0.25, 0.3) is 0 Å². The van der Waals surface area contributed by atoms with Crippen LogP contribution >= 0.6 is 0 Å². The lowest BCUT2D eigenvalue weighted by atomic mass is 10.1. The quantitative estimate of drug-likeness (QED) is 0.833. The van der Waals surface area contributed by atoms with Crippen LogP contribution in [-0.4, -0.2) is 53.0 Å². The van der Waals surface area contributed by atoms with Gasteiger partial charge in [-0.05, 0) is 36.6 Å². The van der Waals surface area contributed by atoms with Crippen LogP contribution in [0.5, 0.6) is 0 Å². The Bertz CT molecular complexity index is 677. The van der Waals surface area contributed by atoms with E-state index >= 15 is 0 Å². The molecule has 1 aromatic carbocycles. The molecule has 138 valence electrons. The number of likely N-dealkylation sites (tertiary alicyclic amines) is 1. The van der Waals surface area contributed by atoms with Gasteiger partial charge in [-0.1, -0.05) is 43.3 Å². The summed E-state index contributed by atoms with van der Waals surface area (Å²) in [6.07, 6.45) is 5.46. The van der Waals surface area contributed by atoms with Crippen LogP contribution in [0.4, 0.5) is 4.79 Å². The first-order valence-electron chi connectivity index (χ1n) is 9.45. The van der Waals surface area contributed by atoms with Crippen molar-refractivity contribution < 1.29 is 4.79 Å². The van der Waals surface area contributed by atoms with Crippen molar-refractivity contribution in [1.82, 2.24) is 20.1 Å². The third kappa shape index (κ3) is 5.30. The molecule has 2 heterocycles. The molecule has 0 bridgehead atoms. The average Bonchev–Trinajstić information content (AvgIpc) is 3.14. The lowest BCUT2D eigenvalue weighted by Gasteiger charge is -2.25. The van der Waals surface area contributed by atoms with Gasteiger partial charge in [0.05, 0.1) is 0 Å². The van der Waals surface area contributed by atoms with Gasteiger partial charge in [0.2, 0.25) is 0 Å². The van der Waals surface area contributed by atoms with Gasteiger partial charge in [-0.25, -0.2) is 4.79 Å². The van der Waals surface area contributed by atoms with Gasteiger partial charge < -0.3 is 15.1 Å². The number of aromatic nitrogens is 1. The first-order valence-corrected chi connectivity index (χ1v) is 9.45. The Hall–Kier alpha value is -2.40. The topological polar surface area (TPSA) is 48.5 Å². The summed E-state index contributed by atoms with van der Waals surface area (Å²) in [5.74, 6) is 0. The van der Waals surface area contributed by atoms with Gasteiger partial charge in [-0.15, -0.1) is 0 Å². The predicted molar refractivity (Wildman–Crippen MR) is 104 cm³/mol. The Labute approximate surface area is 156 Å². The molecule has 1 saturated heterocycles. The van der Waals surface area contributed by atoms with Crippen molar-refractivity contribution in [3.05, 3.63) is 66.0 Å². The van der Waals surface area contributed by atoms with Crippen LogP contribution in [-0.2, 0) is 13.0 Å². The molecular weight excluding hydrogens is 324 g/mol. The number of amides is 2. The molecule has 1 aliphatic rings. The summed E-state index contributed by atoms with van der Waals surface area (Å²) < 4.78 is 0. The Morgan fingerprint density at radius 3 is 2.73 bits per heavy atom. The van der Waals surface area contributed by atoms with E-state index in [9.17, 15) is 4.79 Å². The van der Waals surface area contributed by atoms with Crippen molar-refractivity contribution in [3.63, 3.8) is 0 Å². The number of carbonyl (C=O) groups is 1. The van der Waals surface area contributed by atoms with Crippen molar-refractivity contribution in [2.45, 2.75) is 32.4 Å². The van der Waals surface area contributed by atoms with Crippen molar-refractivity contribution in [2.75, 3.05) is 26.2 Å². The second kappa shape index (κ2) is 9.34. The van der Waals surface area contributed by atoms with E-state index in [2.05, 4.69) is 34.3 Å². The third-order valence-electron chi connectivity index (χ3n) is 4.94. The van der Waals surface area contributed by atoms with Crippen molar-refractivity contribution >= 4 is 6.03 Å². The summed E-state index contributed by atoms with van der Waals surface area (Å²) in [5, 5.41) is 3.22. The van der Waals surface area contributed by atoms with Gasteiger partial charge in [0.15, 0.2) is 0 Å². The van der Waals surface area contributed by atoms with Gasteiger partial charge in [0.25, 0.3) is 0 Å². The van der Waals surface area contributed by atoms with E-state index in [1.54, 1.807) is 6.20 Å². The lowest BCUT2D eigenvalue weighted by molar-refractivity contribution is 0.191. The Balaban J connectivity index is 1.62. The fourth-order valence-electron chi connectivity index (χ4n) is 3.38. The minimum Gasteiger partial charge on any atom is -0.334 e. The summed E-state index contributed by atoms with van der Waals surface area (Å²) in [6, 6.07) is 14.5. The molecule has 1 aromatic heterocycles. The van der Waals surface area contributed by atoms with Crippen LogP contribution in [0.3, 0.4) is 0 Å². The van der Waals surface area contributed by atoms with Crippen molar-refractivity contribution in [3.8, 4) is 0 Å². The summed E-state index contributed by atoms with van der Waals surface area (Å²) in [4.78, 5) is 21.3. The second-order valence-corrected chi connectivity index (χ2v) is 6.85. The lowest BCUT2D eigenvalue weighted by Crippen LogP contribution is -2.46. The highest BCUT2D eigenvalue weighted by molar-refractivity contribution is 5.74. The zero-order valence-electron chi connectivity index (χ0n) is 15.5. The number of nitrogens with zero attached hydrogens (tertiary/aromatic N) is 3. The van der Waals surface area contributed by atoms with Crippen molar-refractivity contribution in [1.29, 1.82) is 0 Å². The predicted octanol–water partition coefficient (Wildman–Crippen LogP) is 2.93. The Kier molecular flexibility index (Phi) is 6.61. The van der Waals surface area contributed by atoms with Gasteiger partial charge in [0.1, 0.15) is 0 Å². The number of nitrogens with one attached hydrogen (secondary N) is 1. The summed E-state index contributed by atoms with van der Waals surface area (Å²) in [5.41, 5.74) is 2.30. The van der Waals surface area contributed by atoms with Crippen molar-refractivity contribution in [2.24, 2.45) is 0 Å². The van der Waals surface area contributed by atoms with E-state index in [-0.39, 0.29) is 12.1 Å². The fourth-order valence-corrected chi connectivity index (χ4v) is 3.38. The second-order valence-electron chi connectivity index (χ2n) is 6.85. The number of urea groups is 1. The molecule has 1 fully saturated rings. The molecule has 0 unspecified atom stereocenters. The minimum absolute atomic E-state index is 0.0211. The molecule has 0 saturated carbocycles. The van der Waals surface area contributed by atoms with E-state index < -0.39 is 0 Å². The highest BCUT2D eigenvalue weighted by atomic mass is 16.2. The molecule has 3 rings (SSSR count). The monoisotopic (exact) mass is 352 g/mol. The molecule has 26 heavy (non-hydrogen) atoms. The maximum atomic E-state index is 12.9. The average molecular weight is 352 g/mol. The van der Waals surface area contributed by atoms with E-state index in [0.717, 1.165) is 38.0 Å². The molecule has 5 nitrogen and oxygen atoms in total. The van der Waals surface area contributed by atoms with Crippen LogP contribution in [0.15, 0.2) is 54.9 Å². The maximum absolute atomic E-state index is 12.9. The molecule has 1 atom stereocenters. The van der Waals surface area contributed by atoms with Crippen LogP contribution in [0, 0.1) is 0 Å². The molecular formula is C21H28N4O. The number of carbonyl (C=O) groups excluding carboxylic acids is 1. The van der Waals surface area contributed by atoms with E-state index in [1.165, 1.54) is 5.56 Å². The van der Waals surface area contributed by atoms with Crippen LogP contribution in [0.2, 0.25) is 0 Å². The number of pyridine rings is 1. The number of likely N-dealkylation sites (N-methyl/N-ethyl adjacent to an activating group) is 1. The standard InChI is InChI=1S/C21H28N4O/c1-2-24-13-11-20(17-24)23-21(26)25(16-19-9-6-12-22-15-19)14-10-18-7-4-3-5-8-18/h3-9,12,15,20H,2,10-11,13-14,16-17H2,1H3,(H,23,26)/t20-/m0/s1. The van der Waals surface area contributed by atoms with Gasteiger partial charge in [-0.2, -0.15) is 0 Å². The highest BCUT2D eigenvalue weighted by Crippen LogP contribution is 2.11. The first-order chi connectivity index (χ1) is 12.7. The number of hydrogen-bond acceptors (Lipinski definition) is 3. The fraction of sp³-hybridized carbons (Fsp3) is 0.429. The SMILES string of the molecule is CCN1CC[C@H](NC(=O)N(CCc2ccccc2)Cc2cccnc2)C1. The molecule has 1 N–H and O–H groups in total. The zero-order chi connectivity index (χ0) is 18.2. The normalized spacial score (nSPS) is 17.2. The van der Waals surface area contributed by atoms with E-state index in [1.807, 2.05) is 41.4 Å². The number of hydrogen-bond donors (Lipinski definition) is 1. The molecule has 5 heteroatoms. The van der Waals surface area contributed by atoms with Gasteiger partial charge >= 0.3 is 6.03 Å². The molecule has 1 aliphatic heterocycles. The van der Waals surface area contributed by atoms with E-state index in [4.69, 9.17) is 0 Å². The first kappa shape index (κ1) is 18.4. The van der Waals surface area contributed by atoms with Gasteiger partial charge in [-0.3, -0.25) is 4.98 Å². The number of rotatable bonds is 7. The Morgan fingerprint density at radius 1 is 1.23 bits per heavy atom. The molecule has 0 radical (unpaired) electrons. The maximum Gasteiger partial charge on any atom is 0.317 e. The summed E-state index contributed by atoms with van der Waals surface area (Å²) in [6.45, 7) is 6.49.